The maximum Gasteiger partial charge on any atom is 0.330 e. The second kappa shape index (κ2) is 7.23. The molecular weight excluding hydrogens is 258 g/mol. The lowest BCUT2D eigenvalue weighted by Crippen LogP contribution is -2.13. The monoisotopic (exact) mass is 275 g/mol. The third-order valence-corrected chi connectivity index (χ3v) is 2.70. The lowest BCUT2D eigenvalue weighted by atomic mass is 10.0. The van der Waals surface area contributed by atoms with Crippen LogP contribution in [0, 0.1) is 13.8 Å². The number of rotatable bonds is 5. The number of esters is 1. The van der Waals surface area contributed by atoms with Gasteiger partial charge in [0.1, 0.15) is 0 Å². The number of benzene rings is 1. The molecule has 0 heterocycles. The second-order valence-electron chi connectivity index (χ2n) is 4.18. The molecule has 1 rings (SSSR count). The normalized spacial score (nSPS) is 10.3. The molecule has 0 aliphatic rings. The van der Waals surface area contributed by atoms with Crippen molar-refractivity contribution in [2.24, 2.45) is 0 Å². The highest BCUT2D eigenvalue weighted by Crippen LogP contribution is 2.22. The van der Waals surface area contributed by atoms with Gasteiger partial charge in [-0.1, -0.05) is 12.1 Å². The Kier molecular flexibility index (Phi) is 5.65. The Balaban J connectivity index is 2.89. The second-order valence-corrected chi connectivity index (χ2v) is 4.18. The van der Waals surface area contributed by atoms with Crippen molar-refractivity contribution in [1.29, 1.82) is 0 Å². The maximum atomic E-state index is 11.7. The molecule has 0 unspecified atom stereocenters. The van der Waals surface area contributed by atoms with Crippen LogP contribution in [0.25, 0.3) is 0 Å². The summed E-state index contributed by atoms with van der Waals surface area (Å²) in [5.41, 5.74) is 2.44. The first-order valence-corrected chi connectivity index (χ1v) is 6.20. The van der Waals surface area contributed by atoms with Crippen molar-refractivity contribution < 1.29 is 19.1 Å². The van der Waals surface area contributed by atoms with E-state index >= 15 is 0 Å². The number of nitrogens with one attached hydrogen (secondary N) is 1. The van der Waals surface area contributed by atoms with Crippen LogP contribution in [0.15, 0.2) is 24.3 Å². The molecule has 0 radical (unpaired) electrons. The van der Waals surface area contributed by atoms with Crippen molar-refractivity contribution >= 4 is 23.9 Å². The first kappa shape index (κ1) is 15.6. The van der Waals surface area contributed by atoms with E-state index in [2.05, 4.69) is 10.1 Å². The van der Waals surface area contributed by atoms with Crippen LogP contribution < -0.4 is 5.32 Å². The summed E-state index contributed by atoms with van der Waals surface area (Å²) in [5, 5.41) is 2.60. The molecule has 5 nitrogen and oxygen atoms in total. The summed E-state index contributed by atoms with van der Waals surface area (Å²) in [6.07, 6.45) is 2.83. The van der Waals surface area contributed by atoms with Crippen molar-refractivity contribution in [3.8, 4) is 0 Å². The lowest BCUT2D eigenvalue weighted by Gasteiger charge is -2.11. The van der Waals surface area contributed by atoms with E-state index < -0.39 is 11.9 Å². The highest BCUT2D eigenvalue weighted by molar-refractivity contribution is 6.05. The summed E-state index contributed by atoms with van der Waals surface area (Å²) in [7, 11) is 0. The zero-order chi connectivity index (χ0) is 15.1. The minimum absolute atomic E-state index is 0.247. The average molecular weight is 275 g/mol. The van der Waals surface area contributed by atoms with Gasteiger partial charge in [0.05, 0.1) is 12.3 Å². The molecule has 0 aliphatic heterocycles. The zero-order valence-electron chi connectivity index (χ0n) is 11.7. The van der Waals surface area contributed by atoms with Gasteiger partial charge in [-0.15, -0.1) is 0 Å². The van der Waals surface area contributed by atoms with Gasteiger partial charge < -0.3 is 10.1 Å². The SMILES string of the molecule is CCOC(=O)/C=C/C(=O)Nc1c(C)ccc(C)c1C=O. The summed E-state index contributed by atoms with van der Waals surface area (Å²) in [4.78, 5) is 33.9. The molecule has 0 aromatic heterocycles. The van der Waals surface area contributed by atoms with Crippen molar-refractivity contribution in [2.45, 2.75) is 20.8 Å². The Bertz CT molecular complexity index is 561. The minimum atomic E-state index is -0.584. The van der Waals surface area contributed by atoms with E-state index in [0.717, 1.165) is 23.3 Å². The number of ether oxygens (including phenoxy) is 1. The largest absolute Gasteiger partial charge is 0.463 e. The maximum absolute atomic E-state index is 11.7. The van der Waals surface area contributed by atoms with Gasteiger partial charge in [-0.25, -0.2) is 4.79 Å². The molecule has 0 spiro atoms. The number of hydrogen-bond acceptors (Lipinski definition) is 4. The third-order valence-electron chi connectivity index (χ3n) is 2.70. The Labute approximate surface area is 117 Å². The van der Waals surface area contributed by atoms with E-state index in [9.17, 15) is 14.4 Å². The van der Waals surface area contributed by atoms with Crippen LogP contribution in [0.3, 0.4) is 0 Å². The van der Waals surface area contributed by atoms with E-state index in [-0.39, 0.29) is 6.61 Å². The molecular formula is C15H17NO4. The van der Waals surface area contributed by atoms with Crippen molar-refractivity contribution in [3.63, 3.8) is 0 Å². The van der Waals surface area contributed by atoms with E-state index in [1.165, 1.54) is 0 Å². The smallest absolute Gasteiger partial charge is 0.330 e. The summed E-state index contributed by atoms with van der Waals surface area (Å²) < 4.78 is 4.67. The molecule has 20 heavy (non-hydrogen) atoms. The number of amides is 1. The van der Waals surface area contributed by atoms with Crippen molar-refractivity contribution in [3.05, 3.63) is 41.0 Å². The summed E-state index contributed by atoms with van der Waals surface area (Å²) in [6.45, 7) is 5.50. The van der Waals surface area contributed by atoms with Gasteiger partial charge in [0.25, 0.3) is 0 Å². The van der Waals surface area contributed by atoms with Gasteiger partial charge in [-0.3, -0.25) is 9.59 Å². The average Bonchev–Trinajstić information content (AvgIpc) is 2.41. The molecule has 1 aromatic rings. The molecule has 1 N–H and O–H groups in total. The number of carbonyl (C=O) groups is 3. The number of aldehydes is 1. The van der Waals surface area contributed by atoms with Crippen LogP contribution in [-0.2, 0) is 14.3 Å². The minimum Gasteiger partial charge on any atom is -0.463 e. The topological polar surface area (TPSA) is 72.5 Å². The quantitative estimate of drug-likeness (QED) is 0.508. The van der Waals surface area contributed by atoms with E-state index in [0.29, 0.717) is 17.5 Å². The van der Waals surface area contributed by atoms with Gasteiger partial charge in [0, 0.05) is 17.7 Å². The predicted molar refractivity (Wildman–Crippen MR) is 75.7 cm³/mol. The summed E-state index contributed by atoms with van der Waals surface area (Å²) in [6, 6.07) is 3.62. The number of hydrogen-bond donors (Lipinski definition) is 1. The van der Waals surface area contributed by atoms with Gasteiger partial charge in [0.2, 0.25) is 5.91 Å². The molecule has 0 saturated carbocycles. The van der Waals surface area contributed by atoms with Crippen LogP contribution in [0.2, 0.25) is 0 Å². The number of aryl methyl sites for hydroxylation is 2. The first-order chi connectivity index (χ1) is 9.49. The van der Waals surface area contributed by atoms with E-state index in [1.54, 1.807) is 20.8 Å². The fourth-order valence-electron chi connectivity index (χ4n) is 1.65. The highest BCUT2D eigenvalue weighted by Gasteiger charge is 2.10. The van der Waals surface area contributed by atoms with Gasteiger partial charge in [-0.05, 0) is 31.9 Å². The molecule has 106 valence electrons. The van der Waals surface area contributed by atoms with Crippen LogP contribution in [0.4, 0.5) is 5.69 Å². The van der Waals surface area contributed by atoms with Crippen molar-refractivity contribution in [2.75, 3.05) is 11.9 Å². The Morgan fingerprint density at radius 2 is 1.85 bits per heavy atom. The number of carbonyl (C=O) groups excluding carboxylic acids is 3. The molecule has 0 aliphatic carbocycles. The van der Waals surface area contributed by atoms with Crippen molar-refractivity contribution in [1.82, 2.24) is 0 Å². The molecule has 0 fully saturated rings. The van der Waals surface area contributed by atoms with E-state index in [1.807, 2.05) is 12.1 Å². The Morgan fingerprint density at radius 1 is 1.20 bits per heavy atom. The van der Waals surface area contributed by atoms with Crippen LogP contribution >= 0.6 is 0 Å². The Hall–Kier alpha value is -2.43. The fraction of sp³-hybridized carbons (Fsp3) is 0.267. The standard InChI is InChI=1S/C15H17NO4/c1-4-20-14(19)8-7-13(18)16-15-11(3)6-5-10(2)12(15)9-17/h5-9H,4H2,1-3H3,(H,16,18)/b8-7+. The molecule has 0 bridgehead atoms. The highest BCUT2D eigenvalue weighted by atomic mass is 16.5. The third kappa shape index (κ3) is 4.05. The first-order valence-electron chi connectivity index (χ1n) is 6.20. The van der Waals surface area contributed by atoms with Gasteiger partial charge in [-0.2, -0.15) is 0 Å². The van der Waals surface area contributed by atoms with E-state index in [4.69, 9.17) is 0 Å². The van der Waals surface area contributed by atoms with Crippen LogP contribution in [-0.4, -0.2) is 24.8 Å². The molecule has 0 saturated heterocycles. The molecule has 0 atom stereocenters. The Morgan fingerprint density at radius 3 is 2.45 bits per heavy atom. The lowest BCUT2D eigenvalue weighted by molar-refractivity contribution is -0.137. The molecule has 5 heteroatoms. The fourth-order valence-corrected chi connectivity index (χ4v) is 1.65. The molecule has 1 amide bonds. The summed E-state index contributed by atoms with van der Waals surface area (Å²) in [5.74, 6) is -1.07. The predicted octanol–water partition coefficient (Wildman–Crippen LogP) is 2.17. The zero-order valence-corrected chi connectivity index (χ0v) is 11.7. The number of anilines is 1. The van der Waals surface area contributed by atoms with Gasteiger partial charge in [0.15, 0.2) is 6.29 Å². The van der Waals surface area contributed by atoms with Crippen LogP contribution in [0.1, 0.15) is 28.4 Å². The molecule has 1 aromatic carbocycles. The van der Waals surface area contributed by atoms with Gasteiger partial charge >= 0.3 is 5.97 Å². The van der Waals surface area contributed by atoms with Crippen LogP contribution in [0.5, 0.6) is 0 Å². The summed E-state index contributed by atoms with van der Waals surface area (Å²) >= 11 is 0.